The van der Waals surface area contributed by atoms with Crippen molar-refractivity contribution in [3.63, 3.8) is 0 Å². The van der Waals surface area contributed by atoms with Crippen LogP contribution >= 0.6 is 11.6 Å². The molecule has 0 amide bonds. The van der Waals surface area contributed by atoms with Crippen molar-refractivity contribution in [1.82, 2.24) is 0 Å². The zero-order valence-electron chi connectivity index (χ0n) is 13.0. The lowest BCUT2D eigenvalue weighted by atomic mass is 10.1. The number of benzene rings is 2. The molecule has 1 aliphatic rings. The van der Waals surface area contributed by atoms with E-state index in [0.29, 0.717) is 48.1 Å². The van der Waals surface area contributed by atoms with Crippen molar-refractivity contribution in [1.29, 1.82) is 0 Å². The Morgan fingerprint density at radius 1 is 1.12 bits per heavy atom. The first kappa shape index (κ1) is 16.7. The molecule has 1 fully saturated rings. The van der Waals surface area contributed by atoms with Crippen LogP contribution < -0.4 is 4.90 Å². The van der Waals surface area contributed by atoms with E-state index in [-0.39, 0.29) is 11.6 Å². The minimum Gasteiger partial charge on any atom is -0.378 e. The van der Waals surface area contributed by atoms with Gasteiger partial charge in [-0.1, -0.05) is 23.7 Å². The summed E-state index contributed by atoms with van der Waals surface area (Å²) in [4.78, 5) is 14.0. The zero-order chi connectivity index (χ0) is 16.9. The van der Waals surface area contributed by atoms with Crippen molar-refractivity contribution < 1.29 is 13.9 Å². The molecule has 0 N–H and O–H groups in total. The molecule has 2 aromatic rings. The minimum absolute atomic E-state index is 0.149. The number of halogens is 2. The lowest BCUT2D eigenvalue weighted by Crippen LogP contribution is -2.36. The Morgan fingerprint density at radius 2 is 1.83 bits per heavy atom. The van der Waals surface area contributed by atoms with Gasteiger partial charge in [0, 0.05) is 23.7 Å². The van der Waals surface area contributed by atoms with E-state index in [1.165, 1.54) is 12.1 Å². The van der Waals surface area contributed by atoms with Gasteiger partial charge in [-0.25, -0.2) is 4.39 Å². The number of nitrogens with zero attached hydrogens (tertiary/aromatic N) is 1. The first-order valence-electron chi connectivity index (χ1n) is 7.74. The molecule has 0 aromatic heterocycles. The summed E-state index contributed by atoms with van der Waals surface area (Å²) in [5.74, 6) is -0.442. The smallest absolute Gasteiger partial charge is 0.185 e. The Balaban J connectivity index is 1.72. The first-order chi connectivity index (χ1) is 11.6. The number of carbonyl (C=O) groups excluding carboxylic acids is 1. The lowest BCUT2D eigenvalue weighted by Gasteiger charge is -2.29. The number of hydrogen-bond donors (Lipinski definition) is 0. The van der Waals surface area contributed by atoms with Crippen molar-refractivity contribution >= 4 is 29.1 Å². The van der Waals surface area contributed by atoms with E-state index in [0.717, 1.165) is 0 Å². The third-order valence-electron chi connectivity index (χ3n) is 3.88. The first-order valence-corrected chi connectivity index (χ1v) is 8.11. The Morgan fingerprint density at radius 3 is 2.50 bits per heavy atom. The Labute approximate surface area is 145 Å². The van der Waals surface area contributed by atoms with Crippen LogP contribution in [0.5, 0.6) is 0 Å². The summed E-state index contributed by atoms with van der Waals surface area (Å²) in [6.45, 7) is 2.58. The van der Waals surface area contributed by atoms with Gasteiger partial charge in [-0.2, -0.15) is 0 Å². The average Bonchev–Trinajstić information content (AvgIpc) is 2.61. The summed E-state index contributed by atoms with van der Waals surface area (Å²) in [6.07, 6.45) is 3.05. The number of allylic oxidation sites excluding steroid dienone is 1. The van der Waals surface area contributed by atoms with Crippen LogP contribution in [0, 0.1) is 5.82 Å². The zero-order valence-corrected chi connectivity index (χ0v) is 13.8. The summed E-state index contributed by atoms with van der Waals surface area (Å²) in [6, 6.07) is 11.6. The predicted molar refractivity (Wildman–Crippen MR) is 94.2 cm³/mol. The molecule has 1 aliphatic heterocycles. The number of morpholine rings is 1. The fourth-order valence-corrected chi connectivity index (χ4v) is 2.70. The number of carbonyl (C=O) groups is 1. The second-order valence-corrected chi connectivity index (χ2v) is 5.95. The van der Waals surface area contributed by atoms with E-state index in [9.17, 15) is 9.18 Å². The van der Waals surface area contributed by atoms with Gasteiger partial charge in [-0.05, 0) is 48.0 Å². The molecule has 5 heteroatoms. The third kappa shape index (κ3) is 4.02. The van der Waals surface area contributed by atoms with Crippen LogP contribution in [0.15, 0.2) is 48.5 Å². The minimum atomic E-state index is -0.294. The molecule has 2 aromatic carbocycles. The highest BCUT2D eigenvalue weighted by Crippen LogP contribution is 2.22. The monoisotopic (exact) mass is 345 g/mol. The van der Waals surface area contributed by atoms with E-state index >= 15 is 0 Å². The highest BCUT2D eigenvalue weighted by Gasteiger charge is 2.14. The summed E-state index contributed by atoms with van der Waals surface area (Å²) >= 11 is 5.80. The van der Waals surface area contributed by atoms with Crippen molar-refractivity contribution in [2.45, 2.75) is 0 Å². The molecule has 124 valence electrons. The number of anilines is 1. The Kier molecular flexibility index (Phi) is 5.28. The van der Waals surface area contributed by atoms with E-state index in [2.05, 4.69) is 0 Å². The standard InChI is InChI=1S/C19H17ClFNO2/c20-16-5-3-15(4-6-16)19(23)8-2-14-1-7-18(17(21)13-14)22-9-11-24-12-10-22/h1-8,13H,9-12H2/b8-2+. The van der Waals surface area contributed by atoms with E-state index < -0.39 is 0 Å². The van der Waals surface area contributed by atoms with E-state index in [1.807, 2.05) is 4.90 Å². The van der Waals surface area contributed by atoms with Gasteiger partial charge in [0.05, 0.1) is 18.9 Å². The van der Waals surface area contributed by atoms with Crippen LogP contribution in [0.25, 0.3) is 6.08 Å². The van der Waals surface area contributed by atoms with Gasteiger partial charge in [0.15, 0.2) is 5.78 Å². The van der Waals surface area contributed by atoms with Crippen LogP contribution in [0.1, 0.15) is 15.9 Å². The highest BCUT2D eigenvalue weighted by molar-refractivity contribution is 6.30. The number of rotatable bonds is 4. The summed E-state index contributed by atoms with van der Waals surface area (Å²) in [5, 5.41) is 0.580. The second kappa shape index (κ2) is 7.60. The van der Waals surface area contributed by atoms with Gasteiger partial charge < -0.3 is 9.64 Å². The molecule has 3 rings (SSSR count). The Bertz CT molecular complexity index is 752. The van der Waals surface area contributed by atoms with Gasteiger partial charge in [-0.15, -0.1) is 0 Å². The molecule has 0 spiro atoms. The van der Waals surface area contributed by atoms with Gasteiger partial charge >= 0.3 is 0 Å². The maximum Gasteiger partial charge on any atom is 0.185 e. The van der Waals surface area contributed by atoms with Crippen LogP contribution in [0.4, 0.5) is 10.1 Å². The molecule has 0 aliphatic carbocycles. The van der Waals surface area contributed by atoms with E-state index in [1.54, 1.807) is 42.5 Å². The number of hydrogen-bond acceptors (Lipinski definition) is 3. The molecule has 0 atom stereocenters. The van der Waals surface area contributed by atoms with Gasteiger partial charge in [0.1, 0.15) is 5.82 Å². The van der Waals surface area contributed by atoms with Crippen molar-refractivity contribution in [2.75, 3.05) is 31.2 Å². The van der Waals surface area contributed by atoms with Crippen LogP contribution in [-0.2, 0) is 4.74 Å². The second-order valence-electron chi connectivity index (χ2n) is 5.51. The lowest BCUT2D eigenvalue weighted by molar-refractivity contribution is 0.104. The summed E-state index contributed by atoms with van der Waals surface area (Å²) < 4.78 is 19.6. The maximum atomic E-state index is 14.3. The van der Waals surface area contributed by atoms with Gasteiger partial charge in [0.25, 0.3) is 0 Å². The maximum absolute atomic E-state index is 14.3. The van der Waals surface area contributed by atoms with Crippen LogP contribution in [0.2, 0.25) is 5.02 Å². The van der Waals surface area contributed by atoms with Crippen molar-refractivity contribution in [3.05, 3.63) is 70.5 Å². The van der Waals surface area contributed by atoms with E-state index in [4.69, 9.17) is 16.3 Å². The van der Waals surface area contributed by atoms with Crippen LogP contribution in [0.3, 0.4) is 0 Å². The van der Waals surface area contributed by atoms with Crippen molar-refractivity contribution in [2.24, 2.45) is 0 Å². The third-order valence-corrected chi connectivity index (χ3v) is 4.13. The van der Waals surface area contributed by atoms with Crippen molar-refractivity contribution in [3.8, 4) is 0 Å². The predicted octanol–water partition coefficient (Wildman–Crippen LogP) is 4.21. The molecular formula is C19H17ClFNO2. The Hall–Kier alpha value is -2.17. The quantitative estimate of drug-likeness (QED) is 0.614. The average molecular weight is 346 g/mol. The molecule has 0 unspecified atom stereocenters. The van der Waals surface area contributed by atoms with Gasteiger partial charge in [-0.3, -0.25) is 4.79 Å². The van der Waals surface area contributed by atoms with Gasteiger partial charge in [0.2, 0.25) is 0 Å². The molecule has 1 heterocycles. The summed E-state index contributed by atoms with van der Waals surface area (Å²) in [5.41, 5.74) is 1.76. The fourth-order valence-electron chi connectivity index (χ4n) is 2.57. The molecule has 1 saturated heterocycles. The largest absolute Gasteiger partial charge is 0.378 e. The number of ether oxygens (including phenoxy) is 1. The summed E-state index contributed by atoms with van der Waals surface area (Å²) in [7, 11) is 0. The molecule has 0 bridgehead atoms. The molecule has 24 heavy (non-hydrogen) atoms. The normalized spacial score (nSPS) is 15.0. The molecule has 3 nitrogen and oxygen atoms in total. The molecule has 0 saturated carbocycles. The molecule has 0 radical (unpaired) electrons. The van der Waals surface area contributed by atoms with Crippen LogP contribution in [-0.4, -0.2) is 32.1 Å². The SMILES string of the molecule is O=C(/C=C/c1ccc(N2CCOCC2)c(F)c1)c1ccc(Cl)cc1. The highest BCUT2D eigenvalue weighted by atomic mass is 35.5. The molecular weight excluding hydrogens is 329 g/mol. The number of ketones is 1. The topological polar surface area (TPSA) is 29.5 Å². The fraction of sp³-hybridized carbons (Fsp3) is 0.211.